The largest absolute Gasteiger partial charge is 0.491 e. The molecule has 0 aromatic carbocycles. The van der Waals surface area contributed by atoms with Crippen LogP contribution in [0.3, 0.4) is 0 Å². The molecule has 8 heteroatoms. The second kappa shape index (κ2) is 7.45. The molecule has 2 atom stereocenters. The summed E-state index contributed by atoms with van der Waals surface area (Å²) in [4.78, 5) is 12.1. The summed E-state index contributed by atoms with van der Waals surface area (Å²) in [6.07, 6.45) is 7.79. The first-order chi connectivity index (χ1) is 15.3. The molecule has 7 rings (SSSR count). The molecule has 0 amide bonds. The van der Waals surface area contributed by atoms with Crippen LogP contribution in [0.25, 0.3) is 0 Å². The molecule has 32 heavy (non-hydrogen) atoms. The summed E-state index contributed by atoms with van der Waals surface area (Å²) >= 11 is 0. The standard InChI is InChI=1S/C24H32F3N3O2/c25-24(26,27)22(31)32-20-18(17-4-2-1-3-5-17)6-7-19-28-29-21(30(19)20)23-11-14-8-15(12-23)10-16(9-14)13-23/h14-18,20H,1-13H2. The number of aromatic nitrogens is 3. The first kappa shape index (κ1) is 21.0. The van der Waals surface area contributed by atoms with Crippen molar-refractivity contribution in [1.82, 2.24) is 14.8 Å². The molecule has 0 saturated heterocycles. The molecular formula is C24H32F3N3O2. The third kappa shape index (κ3) is 3.38. The molecule has 5 aliphatic carbocycles. The Hall–Kier alpha value is -1.60. The van der Waals surface area contributed by atoms with E-state index >= 15 is 0 Å². The minimum Gasteiger partial charge on any atom is -0.434 e. The van der Waals surface area contributed by atoms with Crippen LogP contribution in [0.15, 0.2) is 0 Å². The van der Waals surface area contributed by atoms with Gasteiger partial charge in [-0.05, 0) is 81.5 Å². The molecule has 5 saturated carbocycles. The van der Waals surface area contributed by atoms with Crippen molar-refractivity contribution in [1.29, 1.82) is 0 Å². The van der Waals surface area contributed by atoms with Crippen molar-refractivity contribution in [2.24, 2.45) is 29.6 Å². The van der Waals surface area contributed by atoms with E-state index in [4.69, 9.17) is 4.74 Å². The quantitative estimate of drug-likeness (QED) is 0.570. The molecule has 1 aromatic rings. The van der Waals surface area contributed by atoms with Crippen LogP contribution in [-0.2, 0) is 21.4 Å². The molecule has 2 heterocycles. The summed E-state index contributed by atoms with van der Waals surface area (Å²) in [6.45, 7) is 0. The first-order valence-corrected chi connectivity index (χ1v) is 12.5. The van der Waals surface area contributed by atoms with E-state index in [0.717, 1.165) is 50.8 Å². The second-order valence-corrected chi connectivity index (χ2v) is 11.4. The maximum atomic E-state index is 13.3. The lowest BCUT2D eigenvalue weighted by Gasteiger charge is -2.56. The lowest BCUT2D eigenvalue weighted by atomic mass is 9.49. The Morgan fingerprint density at radius 2 is 1.56 bits per heavy atom. The van der Waals surface area contributed by atoms with Gasteiger partial charge in [-0.25, -0.2) is 4.79 Å². The van der Waals surface area contributed by atoms with Crippen LogP contribution in [0, 0.1) is 29.6 Å². The molecule has 1 aromatic heterocycles. The number of rotatable bonds is 3. The van der Waals surface area contributed by atoms with Crippen LogP contribution in [0.1, 0.15) is 94.9 Å². The smallest absolute Gasteiger partial charge is 0.434 e. The molecule has 6 aliphatic rings. The van der Waals surface area contributed by atoms with Crippen LogP contribution in [-0.4, -0.2) is 26.9 Å². The predicted molar refractivity (Wildman–Crippen MR) is 109 cm³/mol. The summed E-state index contributed by atoms with van der Waals surface area (Å²) in [5, 5.41) is 9.08. The molecule has 1 aliphatic heterocycles. The minimum atomic E-state index is -5.00. The molecule has 5 fully saturated rings. The highest BCUT2D eigenvalue weighted by molar-refractivity contribution is 5.75. The van der Waals surface area contributed by atoms with Gasteiger partial charge in [0.05, 0.1) is 0 Å². The normalized spacial score (nSPS) is 39.2. The number of hydrogen-bond acceptors (Lipinski definition) is 4. The van der Waals surface area contributed by atoms with E-state index in [1.807, 2.05) is 4.57 Å². The van der Waals surface area contributed by atoms with Gasteiger partial charge < -0.3 is 4.74 Å². The summed E-state index contributed by atoms with van der Waals surface area (Å²) in [6, 6.07) is 0. The van der Waals surface area contributed by atoms with Gasteiger partial charge in [0, 0.05) is 17.8 Å². The molecule has 5 nitrogen and oxygen atoms in total. The van der Waals surface area contributed by atoms with Crippen molar-refractivity contribution in [3.05, 3.63) is 11.6 Å². The van der Waals surface area contributed by atoms with E-state index in [2.05, 4.69) is 10.2 Å². The molecule has 4 bridgehead atoms. The van der Waals surface area contributed by atoms with E-state index in [-0.39, 0.29) is 17.3 Å². The Bertz CT molecular complexity index is 854. The Morgan fingerprint density at radius 3 is 2.16 bits per heavy atom. The van der Waals surface area contributed by atoms with Gasteiger partial charge in [0.15, 0.2) is 6.23 Å². The van der Waals surface area contributed by atoms with Crippen LogP contribution in [0.4, 0.5) is 13.2 Å². The van der Waals surface area contributed by atoms with Gasteiger partial charge in [-0.1, -0.05) is 19.3 Å². The number of esters is 1. The fourth-order valence-corrected chi connectivity index (χ4v) is 8.48. The lowest BCUT2D eigenvalue weighted by Crippen LogP contribution is -2.51. The summed E-state index contributed by atoms with van der Waals surface area (Å²) in [5.74, 6) is 1.66. The Labute approximate surface area is 186 Å². The number of carbonyl (C=O) groups excluding carboxylic acids is 1. The van der Waals surface area contributed by atoms with E-state index in [0.29, 0.717) is 36.4 Å². The van der Waals surface area contributed by atoms with Gasteiger partial charge in [-0.3, -0.25) is 4.57 Å². The summed E-state index contributed by atoms with van der Waals surface area (Å²) in [5.41, 5.74) is -0.114. The lowest BCUT2D eigenvalue weighted by molar-refractivity contribution is -0.216. The zero-order valence-corrected chi connectivity index (χ0v) is 18.4. The van der Waals surface area contributed by atoms with Gasteiger partial charge in [-0.15, -0.1) is 10.2 Å². The molecule has 0 spiro atoms. The fraction of sp³-hybridized carbons (Fsp3) is 0.875. The molecular weight excluding hydrogens is 419 g/mol. The van der Waals surface area contributed by atoms with Crippen molar-refractivity contribution < 1.29 is 22.7 Å². The molecule has 0 radical (unpaired) electrons. The van der Waals surface area contributed by atoms with Crippen molar-refractivity contribution in [3.8, 4) is 0 Å². The van der Waals surface area contributed by atoms with Crippen LogP contribution < -0.4 is 0 Å². The van der Waals surface area contributed by atoms with E-state index < -0.39 is 18.4 Å². The topological polar surface area (TPSA) is 57.0 Å². The maximum absolute atomic E-state index is 13.3. The van der Waals surface area contributed by atoms with Crippen molar-refractivity contribution in [2.75, 3.05) is 0 Å². The summed E-state index contributed by atoms with van der Waals surface area (Å²) < 4.78 is 47.0. The number of aryl methyl sites for hydroxylation is 1. The van der Waals surface area contributed by atoms with Crippen molar-refractivity contribution >= 4 is 5.97 Å². The highest BCUT2D eigenvalue weighted by Crippen LogP contribution is 2.61. The van der Waals surface area contributed by atoms with E-state index in [9.17, 15) is 18.0 Å². The zero-order chi connectivity index (χ0) is 22.1. The van der Waals surface area contributed by atoms with Gasteiger partial charge in [-0.2, -0.15) is 13.2 Å². The van der Waals surface area contributed by atoms with Gasteiger partial charge >= 0.3 is 12.1 Å². The van der Waals surface area contributed by atoms with E-state index in [1.54, 1.807) is 0 Å². The minimum absolute atomic E-state index is 0.0993. The number of nitrogens with zero attached hydrogens (tertiary/aromatic N) is 3. The van der Waals surface area contributed by atoms with Crippen LogP contribution >= 0.6 is 0 Å². The Kier molecular flexibility index (Phi) is 4.88. The monoisotopic (exact) mass is 451 g/mol. The summed E-state index contributed by atoms with van der Waals surface area (Å²) in [7, 11) is 0. The van der Waals surface area contributed by atoms with Gasteiger partial charge in [0.1, 0.15) is 11.6 Å². The SMILES string of the molecule is O=C(OC1C(C2CCCCC2)CCc2nnc(C34CC5CC(CC(C5)C3)C4)n21)C(F)(F)F. The number of ether oxygens (including phenoxy) is 1. The average Bonchev–Trinajstić information content (AvgIpc) is 3.18. The number of carbonyl (C=O) groups is 1. The third-order valence-corrected chi connectivity index (χ3v) is 9.32. The number of alkyl halides is 3. The third-order valence-electron chi connectivity index (χ3n) is 9.32. The van der Waals surface area contributed by atoms with Crippen LogP contribution in [0.2, 0.25) is 0 Å². The highest BCUT2D eigenvalue weighted by atomic mass is 19.4. The predicted octanol–water partition coefficient (Wildman–Crippen LogP) is 5.49. The number of halogens is 3. The Balaban J connectivity index is 1.40. The molecule has 0 N–H and O–H groups in total. The number of hydrogen-bond donors (Lipinski definition) is 0. The first-order valence-electron chi connectivity index (χ1n) is 12.5. The van der Waals surface area contributed by atoms with Gasteiger partial charge in [0.2, 0.25) is 0 Å². The zero-order valence-electron chi connectivity index (χ0n) is 18.4. The Morgan fingerprint density at radius 1 is 0.938 bits per heavy atom. The number of fused-ring (bicyclic) bond motifs is 1. The fourth-order valence-electron chi connectivity index (χ4n) is 8.48. The molecule has 2 unspecified atom stereocenters. The second-order valence-electron chi connectivity index (χ2n) is 11.4. The highest BCUT2D eigenvalue weighted by Gasteiger charge is 2.56. The van der Waals surface area contributed by atoms with Crippen molar-refractivity contribution in [3.63, 3.8) is 0 Å². The van der Waals surface area contributed by atoms with E-state index in [1.165, 1.54) is 25.7 Å². The maximum Gasteiger partial charge on any atom is 0.491 e. The van der Waals surface area contributed by atoms with Gasteiger partial charge in [0.25, 0.3) is 0 Å². The van der Waals surface area contributed by atoms with Crippen LogP contribution in [0.5, 0.6) is 0 Å². The van der Waals surface area contributed by atoms with Crippen molar-refractivity contribution in [2.45, 2.75) is 101 Å². The molecule has 176 valence electrons. The average molecular weight is 452 g/mol.